The Morgan fingerprint density at radius 3 is 2.61 bits per heavy atom. The summed E-state index contributed by atoms with van der Waals surface area (Å²) in [6, 6.07) is 10.4. The van der Waals surface area contributed by atoms with Crippen LogP contribution in [0.2, 0.25) is 0 Å². The van der Waals surface area contributed by atoms with Crippen LogP contribution in [0.1, 0.15) is 5.56 Å². The molecule has 1 fully saturated rings. The molecule has 23 heavy (non-hydrogen) atoms. The molecule has 0 amide bonds. The summed E-state index contributed by atoms with van der Waals surface area (Å²) < 4.78 is 0. The first kappa shape index (κ1) is 15.7. The molecule has 6 nitrogen and oxygen atoms in total. The maximum absolute atomic E-state index is 4.26. The number of hydrogen-bond acceptors (Lipinski definition) is 6. The Kier molecular flexibility index (Phi) is 5.05. The van der Waals surface area contributed by atoms with Gasteiger partial charge in [-0.25, -0.2) is 9.97 Å². The Balaban J connectivity index is 1.65. The Bertz CT molecular complexity index is 636. The lowest BCUT2D eigenvalue weighted by Crippen LogP contribution is -2.43. The molecule has 122 valence electrons. The van der Waals surface area contributed by atoms with Gasteiger partial charge in [-0.2, -0.15) is 0 Å². The largest absolute Gasteiger partial charge is 0.373 e. The van der Waals surface area contributed by atoms with Crippen LogP contribution in [-0.2, 0) is 6.54 Å². The molecule has 2 aromatic rings. The molecule has 0 aliphatic carbocycles. The van der Waals surface area contributed by atoms with Crippen LogP contribution in [0.15, 0.2) is 36.7 Å². The third-order valence-corrected chi connectivity index (χ3v) is 4.12. The molecule has 0 radical (unpaired) electrons. The van der Waals surface area contributed by atoms with Gasteiger partial charge < -0.3 is 15.5 Å². The summed E-state index contributed by atoms with van der Waals surface area (Å²) in [5.41, 5.74) is 2.37. The normalized spacial score (nSPS) is 16.3. The number of likely N-dealkylation sites (N-methyl/N-ethyl adjacent to an activating group) is 1. The molecule has 1 aromatic carbocycles. The summed E-state index contributed by atoms with van der Waals surface area (Å²) in [6.07, 6.45) is 1.56. The first-order valence-electron chi connectivity index (χ1n) is 7.99. The molecule has 1 aromatic heterocycles. The lowest BCUT2D eigenvalue weighted by Gasteiger charge is -2.32. The topological polar surface area (TPSA) is 56.3 Å². The van der Waals surface area contributed by atoms with E-state index in [2.05, 4.69) is 61.7 Å². The van der Waals surface area contributed by atoms with E-state index in [1.807, 2.05) is 13.1 Å². The fraction of sp³-hybridized carbons (Fsp3) is 0.412. The third-order valence-electron chi connectivity index (χ3n) is 4.12. The van der Waals surface area contributed by atoms with Crippen molar-refractivity contribution in [2.75, 3.05) is 50.9 Å². The Hall–Kier alpha value is -2.18. The highest BCUT2D eigenvalue weighted by atomic mass is 15.2. The summed E-state index contributed by atoms with van der Waals surface area (Å²) in [5.74, 6) is 1.59. The van der Waals surface area contributed by atoms with E-state index >= 15 is 0 Å². The lowest BCUT2D eigenvalue weighted by atomic mass is 10.1. The fourth-order valence-electron chi connectivity index (χ4n) is 2.72. The number of nitrogens with one attached hydrogen (secondary N) is 2. The van der Waals surface area contributed by atoms with Gasteiger partial charge in [-0.3, -0.25) is 4.90 Å². The monoisotopic (exact) mass is 312 g/mol. The second-order valence-corrected chi connectivity index (χ2v) is 5.94. The van der Waals surface area contributed by atoms with Crippen LogP contribution in [0.3, 0.4) is 0 Å². The van der Waals surface area contributed by atoms with E-state index in [1.54, 1.807) is 6.33 Å². The van der Waals surface area contributed by atoms with E-state index in [9.17, 15) is 0 Å². The van der Waals surface area contributed by atoms with E-state index in [0.717, 1.165) is 50.0 Å². The quantitative estimate of drug-likeness (QED) is 0.881. The minimum Gasteiger partial charge on any atom is -0.373 e. The van der Waals surface area contributed by atoms with Crippen LogP contribution in [0, 0.1) is 0 Å². The molecule has 2 N–H and O–H groups in total. The van der Waals surface area contributed by atoms with Crippen LogP contribution in [0.5, 0.6) is 0 Å². The molecule has 3 rings (SSSR count). The van der Waals surface area contributed by atoms with Crippen molar-refractivity contribution in [2.24, 2.45) is 0 Å². The van der Waals surface area contributed by atoms with E-state index < -0.39 is 0 Å². The van der Waals surface area contributed by atoms with Gasteiger partial charge in [-0.05, 0) is 24.7 Å². The molecule has 0 bridgehead atoms. The first-order valence-corrected chi connectivity index (χ1v) is 7.99. The number of aromatic nitrogens is 2. The molecular formula is C17H24N6. The molecule has 0 saturated carbocycles. The minimum absolute atomic E-state index is 0.793. The van der Waals surface area contributed by atoms with Gasteiger partial charge in [0.15, 0.2) is 0 Å². The van der Waals surface area contributed by atoms with Crippen molar-refractivity contribution >= 4 is 17.3 Å². The molecule has 0 unspecified atom stereocenters. The zero-order valence-electron chi connectivity index (χ0n) is 13.8. The predicted molar refractivity (Wildman–Crippen MR) is 94.1 cm³/mol. The Morgan fingerprint density at radius 1 is 1.04 bits per heavy atom. The molecule has 6 heteroatoms. The second-order valence-electron chi connectivity index (χ2n) is 5.94. The molecule has 1 aliphatic rings. The summed E-state index contributed by atoms with van der Waals surface area (Å²) in [6.45, 7) is 5.55. The van der Waals surface area contributed by atoms with Gasteiger partial charge >= 0.3 is 0 Å². The predicted octanol–water partition coefficient (Wildman–Crippen LogP) is 2.01. The van der Waals surface area contributed by atoms with E-state index in [4.69, 9.17) is 0 Å². The summed E-state index contributed by atoms with van der Waals surface area (Å²) in [4.78, 5) is 13.3. The SMILES string of the molecule is CNc1cc(Nc2cccc(CN3CCN(C)CC3)c2)ncn1. The van der Waals surface area contributed by atoms with Gasteiger partial charge in [0.2, 0.25) is 0 Å². The van der Waals surface area contributed by atoms with Gasteiger partial charge in [0, 0.05) is 51.5 Å². The van der Waals surface area contributed by atoms with Crippen molar-refractivity contribution in [3.63, 3.8) is 0 Å². The fourth-order valence-corrected chi connectivity index (χ4v) is 2.72. The molecule has 2 heterocycles. The van der Waals surface area contributed by atoms with E-state index in [1.165, 1.54) is 5.56 Å². The van der Waals surface area contributed by atoms with E-state index in [-0.39, 0.29) is 0 Å². The van der Waals surface area contributed by atoms with Crippen LogP contribution >= 0.6 is 0 Å². The number of anilines is 3. The van der Waals surface area contributed by atoms with Crippen LogP contribution in [0.25, 0.3) is 0 Å². The zero-order chi connectivity index (χ0) is 16.1. The van der Waals surface area contributed by atoms with Gasteiger partial charge in [-0.1, -0.05) is 12.1 Å². The average Bonchev–Trinajstić information content (AvgIpc) is 2.57. The van der Waals surface area contributed by atoms with Crippen LogP contribution in [0.4, 0.5) is 17.3 Å². The molecule has 1 saturated heterocycles. The Morgan fingerprint density at radius 2 is 1.83 bits per heavy atom. The smallest absolute Gasteiger partial charge is 0.135 e. The van der Waals surface area contributed by atoms with Gasteiger partial charge in [0.25, 0.3) is 0 Å². The van der Waals surface area contributed by atoms with Crippen molar-refractivity contribution < 1.29 is 0 Å². The highest BCUT2D eigenvalue weighted by molar-refractivity contribution is 5.59. The van der Waals surface area contributed by atoms with Crippen molar-refractivity contribution in [3.05, 3.63) is 42.2 Å². The molecule has 1 aliphatic heterocycles. The summed E-state index contributed by atoms with van der Waals surface area (Å²) >= 11 is 0. The highest BCUT2D eigenvalue weighted by Gasteiger charge is 2.13. The molecule has 0 spiro atoms. The molecule has 0 atom stereocenters. The number of nitrogens with zero attached hydrogens (tertiary/aromatic N) is 4. The number of hydrogen-bond donors (Lipinski definition) is 2. The summed E-state index contributed by atoms with van der Waals surface area (Å²) in [7, 11) is 4.03. The number of benzene rings is 1. The number of piperazine rings is 1. The van der Waals surface area contributed by atoms with Crippen molar-refractivity contribution in [2.45, 2.75) is 6.54 Å². The minimum atomic E-state index is 0.793. The van der Waals surface area contributed by atoms with Gasteiger partial charge in [-0.15, -0.1) is 0 Å². The highest BCUT2D eigenvalue weighted by Crippen LogP contribution is 2.18. The first-order chi connectivity index (χ1) is 11.2. The molecular weight excluding hydrogens is 288 g/mol. The van der Waals surface area contributed by atoms with Crippen LogP contribution < -0.4 is 10.6 Å². The van der Waals surface area contributed by atoms with E-state index in [0.29, 0.717) is 0 Å². The maximum Gasteiger partial charge on any atom is 0.135 e. The zero-order valence-corrected chi connectivity index (χ0v) is 13.8. The number of rotatable bonds is 5. The van der Waals surface area contributed by atoms with Crippen molar-refractivity contribution in [1.82, 2.24) is 19.8 Å². The van der Waals surface area contributed by atoms with Crippen molar-refractivity contribution in [3.8, 4) is 0 Å². The van der Waals surface area contributed by atoms with Gasteiger partial charge in [0.05, 0.1) is 0 Å². The third kappa shape index (κ3) is 4.40. The average molecular weight is 312 g/mol. The maximum atomic E-state index is 4.26. The van der Waals surface area contributed by atoms with Crippen LogP contribution in [-0.4, -0.2) is 60.0 Å². The van der Waals surface area contributed by atoms with Crippen molar-refractivity contribution in [1.29, 1.82) is 0 Å². The Labute approximate surface area is 137 Å². The second kappa shape index (κ2) is 7.39. The standard InChI is InChI=1S/C17H24N6/c1-18-16-11-17(20-13-19-16)21-15-5-3-4-14(10-15)12-23-8-6-22(2)7-9-23/h3-5,10-11,13H,6-9,12H2,1-2H3,(H2,18,19,20,21). The summed E-state index contributed by atoms with van der Waals surface area (Å²) in [5, 5.41) is 6.37. The van der Waals surface area contributed by atoms with Gasteiger partial charge in [0.1, 0.15) is 18.0 Å². The lowest BCUT2D eigenvalue weighted by molar-refractivity contribution is 0.148.